The van der Waals surface area contributed by atoms with Crippen LogP contribution >= 0.6 is 0 Å². The van der Waals surface area contributed by atoms with Crippen LogP contribution in [0.2, 0.25) is 0 Å². The molecule has 1 spiro atoms. The van der Waals surface area contributed by atoms with Gasteiger partial charge >= 0.3 is 0 Å². The lowest BCUT2D eigenvalue weighted by molar-refractivity contribution is -0.188. The number of carbonyl (C=O) groups excluding carboxylic acids is 1. The minimum Gasteiger partial charge on any atom is -0.369 e. The van der Waals surface area contributed by atoms with Gasteiger partial charge in [-0.1, -0.05) is 23.8 Å². The second-order valence-electron chi connectivity index (χ2n) is 8.31. The van der Waals surface area contributed by atoms with Gasteiger partial charge in [0.05, 0.1) is 43.2 Å². The highest BCUT2D eigenvalue weighted by molar-refractivity contribution is 5.73. The quantitative estimate of drug-likeness (QED) is 0.599. The highest BCUT2D eigenvalue weighted by Gasteiger charge is 2.53. The highest BCUT2D eigenvalue weighted by atomic mass is 16.7. The normalized spacial score (nSPS) is 37.1. The Kier molecular flexibility index (Phi) is 5.87. The van der Waals surface area contributed by atoms with E-state index in [0.717, 1.165) is 25.0 Å². The lowest BCUT2D eigenvalue weighted by Crippen LogP contribution is -2.46. The van der Waals surface area contributed by atoms with E-state index in [1.165, 1.54) is 6.92 Å². The smallest absolute Gasteiger partial charge is 0.217 e. The Morgan fingerprint density at radius 1 is 1.23 bits per heavy atom. The molecule has 3 saturated heterocycles. The Bertz CT molecular complexity index is 565. The number of ether oxygens (including phenoxy) is 4. The van der Waals surface area contributed by atoms with Gasteiger partial charge < -0.3 is 24.3 Å². The van der Waals surface area contributed by atoms with Gasteiger partial charge in [-0.25, -0.2) is 0 Å². The van der Waals surface area contributed by atoms with Crippen molar-refractivity contribution >= 4 is 5.91 Å². The van der Waals surface area contributed by atoms with E-state index in [9.17, 15) is 4.79 Å². The van der Waals surface area contributed by atoms with Crippen LogP contribution in [-0.4, -0.2) is 55.4 Å². The molecule has 146 valence electrons. The number of carbonyl (C=O) groups is 1. The first-order chi connectivity index (χ1) is 12.3. The molecular weight excluding hydrogens is 334 g/mol. The Morgan fingerprint density at radius 3 is 2.54 bits per heavy atom. The van der Waals surface area contributed by atoms with Gasteiger partial charge in [0.2, 0.25) is 5.91 Å². The fourth-order valence-corrected chi connectivity index (χ4v) is 3.80. The van der Waals surface area contributed by atoms with Crippen LogP contribution in [0.4, 0.5) is 0 Å². The van der Waals surface area contributed by atoms with Crippen molar-refractivity contribution in [2.24, 2.45) is 0 Å². The van der Waals surface area contributed by atoms with Crippen molar-refractivity contribution in [3.8, 4) is 0 Å². The highest BCUT2D eigenvalue weighted by Crippen LogP contribution is 2.46. The molecule has 6 heteroatoms. The second-order valence-corrected chi connectivity index (χ2v) is 8.31. The van der Waals surface area contributed by atoms with Crippen molar-refractivity contribution in [3.05, 3.63) is 23.8 Å². The maximum absolute atomic E-state index is 11.0. The van der Waals surface area contributed by atoms with Gasteiger partial charge in [-0.2, -0.15) is 0 Å². The van der Waals surface area contributed by atoms with E-state index in [2.05, 4.69) is 44.3 Å². The van der Waals surface area contributed by atoms with Crippen LogP contribution in [0.3, 0.4) is 0 Å². The monoisotopic (exact) mass is 365 g/mol. The predicted octanol–water partition coefficient (Wildman–Crippen LogP) is 2.48. The number of nitrogens with one attached hydrogen (secondary N) is 1. The van der Waals surface area contributed by atoms with E-state index in [0.29, 0.717) is 19.6 Å². The zero-order valence-electron chi connectivity index (χ0n) is 16.2. The minimum absolute atomic E-state index is 0.0442. The van der Waals surface area contributed by atoms with Crippen molar-refractivity contribution in [2.75, 3.05) is 19.8 Å². The average molecular weight is 365 g/mol. The molecule has 3 fully saturated rings. The Morgan fingerprint density at radius 2 is 1.92 bits per heavy atom. The average Bonchev–Trinajstić information content (AvgIpc) is 3.28. The van der Waals surface area contributed by atoms with E-state index < -0.39 is 0 Å². The van der Waals surface area contributed by atoms with Gasteiger partial charge in [0.15, 0.2) is 6.29 Å². The molecule has 3 aliphatic heterocycles. The van der Waals surface area contributed by atoms with Crippen LogP contribution in [0.1, 0.15) is 47.0 Å². The molecule has 0 aromatic carbocycles. The molecule has 2 atom stereocenters. The first-order valence-corrected chi connectivity index (χ1v) is 9.42. The predicted molar refractivity (Wildman–Crippen MR) is 97.7 cm³/mol. The summed E-state index contributed by atoms with van der Waals surface area (Å²) in [5, 5.41) is 2.80. The van der Waals surface area contributed by atoms with Crippen molar-refractivity contribution in [1.29, 1.82) is 0 Å². The van der Waals surface area contributed by atoms with E-state index in [-0.39, 0.29) is 35.5 Å². The van der Waals surface area contributed by atoms with Crippen molar-refractivity contribution in [1.82, 2.24) is 5.32 Å². The van der Waals surface area contributed by atoms with E-state index in [4.69, 9.17) is 18.9 Å². The third-order valence-electron chi connectivity index (χ3n) is 4.92. The van der Waals surface area contributed by atoms with Crippen LogP contribution in [0, 0.1) is 0 Å². The standard InChI is InChI=1S/C20H31NO5/c1-14(6-8-18-23-10-16(11-24-18)21-15(2)22)5-7-17-9-20(13-25-20)12-19(3,4)26-17/h5-7,16-18H,8-13H2,1-4H3,(H,21,22)/b7-5+,14-6+/t16-,17-,18+,20-/m1/s1. The molecule has 0 aromatic rings. The largest absolute Gasteiger partial charge is 0.369 e. The summed E-state index contributed by atoms with van der Waals surface area (Å²) in [5.74, 6) is -0.0620. The van der Waals surface area contributed by atoms with Gasteiger partial charge in [-0.3, -0.25) is 4.79 Å². The minimum atomic E-state index is -0.253. The molecular formula is C20H31NO5. The summed E-state index contributed by atoms with van der Waals surface area (Å²) in [6, 6.07) is -0.0579. The molecule has 3 heterocycles. The first kappa shape index (κ1) is 19.5. The zero-order chi connectivity index (χ0) is 18.8. The molecule has 0 bridgehead atoms. The van der Waals surface area contributed by atoms with Gasteiger partial charge in [-0.05, 0) is 20.8 Å². The summed E-state index contributed by atoms with van der Waals surface area (Å²) < 4.78 is 23.1. The maximum Gasteiger partial charge on any atom is 0.217 e. The van der Waals surface area contributed by atoms with E-state index in [1.54, 1.807) is 0 Å². The van der Waals surface area contributed by atoms with Gasteiger partial charge in [0.25, 0.3) is 0 Å². The van der Waals surface area contributed by atoms with Gasteiger partial charge in [0, 0.05) is 26.2 Å². The summed E-state index contributed by atoms with van der Waals surface area (Å²) in [5.41, 5.74) is 1.05. The summed E-state index contributed by atoms with van der Waals surface area (Å²) in [7, 11) is 0. The van der Waals surface area contributed by atoms with Crippen LogP contribution < -0.4 is 5.32 Å². The maximum atomic E-state index is 11.0. The number of rotatable bonds is 5. The fourth-order valence-electron chi connectivity index (χ4n) is 3.80. The molecule has 0 aliphatic carbocycles. The van der Waals surface area contributed by atoms with Crippen molar-refractivity contribution in [3.63, 3.8) is 0 Å². The van der Waals surface area contributed by atoms with Gasteiger partial charge in [-0.15, -0.1) is 0 Å². The molecule has 6 nitrogen and oxygen atoms in total. The molecule has 26 heavy (non-hydrogen) atoms. The topological polar surface area (TPSA) is 69.3 Å². The Balaban J connectivity index is 1.44. The number of amides is 1. The van der Waals surface area contributed by atoms with Crippen LogP contribution in [-0.2, 0) is 23.7 Å². The SMILES string of the molecule is CC(=O)N[C@H]1CO[C@@H](C/C=C(C)/C=C/[C@@H]2C[C@]3(CO3)CC(C)(C)O2)OC1. The summed E-state index contributed by atoms with van der Waals surface area (Å²) in [4.78, 5) is 11.0. The summed E-state index contributed by atoms with van der Waals surface area (Å²) in [6.07, 6.45) is 8.76. The van der Waals surface area contributed by atoms with Crippen molar-refractivity contribution < 1.29 is 23.7 Å². The molecule has 3 aliphatic rings. The summed E-state index contributed by atoms with van der Waals surface area (Å²) >= 11 is 0. The van der Waals surface area contributed by atoms with Crippen LogP contribution in [0.5, 0.6) is 0 Å². The van der Waals surface area contributed by atoms with Gasteiger partial charge in [0.1, 0.15) is 0 Å². The zero-order valence-corrected chi connectivity index (χ0v) is 16.2. The third-order valence-corrected chi connectivity index (χ3v) is 4.92. The van der Waals surface area contributed by atoms with E-state index in [1.807, 2.05) is 0 Å². The lowest BCUT2D eigenvalue weighted by atomic mass is 9.85. The first-order valence-electron chi connectivity index (χ1n) is 9.42. The van der Waals surface area contributed by atoms with Crippen LogP contribution in [0.25, 0.3) is 0 Å². The molecule has 0 unspecified atom stereocenters. The Labute approximate surface area is 155 Å². The second kappa shape index (κ2) is 7.80. The number of allylic oxidation sites excluding steroid dienone is 2. The molecule has 3 rings (SSSR count). The number of hydrogen-bond acceptors (Lipinski definition) is 5. The molecule has 1 N–H and O–H groups in total. The lowest BCUT2D eigenvalue weighted by Gasteiger charge is -2.38. The molecule has 0 radical (unpaired) electrons. The van der Waals surface area contributed by atoms with E-state index >= 15 is 0 Å². The number of hydrogen-bond donors (Lipinski definition) is 1. The third kappa shape index (κ3) is 5.64. The number of epoxide rings is 1. The molecule has 0 aromatic heterocycles. The molecule has 0 saturated carbocycles. The summed E-state index contributed by atoms with van der Waals surface area (Å²) in [6.45, 7) is 9.65. The fraction of sp³-hybridized carbons (Fsp3) is 0.750. The van der Waals surface area contributed by atoms with Crippen molar-refractivity contribution in [2.45, 2.75) is 76.6 Å². The molecule has 1 amide bonds. The Hall–Kier alpha value is -1.21. The van der Waals surface area contributed by atoms with Crippen LogP contribution in [0.15, 0.2) is 23.8 Å².